The molecule has 2 fully saturated rings. The van der Waals surface area contributed by atoms with Gasteiger partial charge in [0.25, 0.3) is 0 Å². The molecule has 1 heterocycles. The summed E-state index contributed by atoms with van der Waals surface area (Å²) in [6.45, 7) is 8.80. The lowest BCUT2D eigenvalue weighted by atomic mass is 10.0. The summed E-state index contributed by atoms with van der Waals surface area (Å²) in [5.74, 6) is 0.453. The van der Waals surface area contributed by atoms with Crippen molar-refractivity contribution in [3.05, 3.63) is 0 Å². The summed E-state index contributed by atoms with van der Waals surface area (Å²) in [6.07, 6.45) is 2.90. The van der Waals surface area contributed by atoms with Crippen molar-refractivity contribution in [3.8, 4) is 0 Å². The number of ether oxygens (including phenoxy) is 2. The molecule has 16 heavy (non-hydrogen) atoms. The molecule has 3 heteroatoms. The zero-order valence-corrected chi connectivity index (χ0v) is 10.7. The normalized spacial score (nSPS) is 42.6. The lowest BCUT2D eigenvalue weighted by Gasteiger charge is -2.15. The van der Waals surface area contributed by atoms with Gasteiger partial charge in [-0.25, -0.2) is 0 Å². The Hall–Kier alpha value is -0.570. The van der Waals surface area contributed by atoms with E-state index in [9.17, 15) is 4.79 Å². The topological polar surface area (TPSA) is 38.8 Å². The van der Waals surface area contributed by atoms with Crippen molar-refractivity contribution >= 4 is 5.97 Å². The molecule has 3 atom stereocenters. The summed E-state index contributed by atoms with van der Waals surface area (Å²) in [5, 5.41) is 0. The molecule has 0 bridgehead atoms. The smallest absolute Gasteiger partial charge is 0.308 e. The molecule has 0 N–H and O–H groups in total. The maximum absolute atomic E-state index is 11.5. The molecule has 1 saturated heterocycles. The average Bonchev–Trinajstić information content (AvgIpc) is 2.64. The third kappa shape index (κ3) is 1.86. The molecule has 3 unspecified atom stereocenters. The minimum absolute atomic E-state index is 0.0263. The van der Waals surface area contributed by atoms with Gasteiger partial charge in [0, 0.05) is 0 Å². The summed E-state index contributed by atoms with van der Waals surface area (Å²) in [5.41, 5.74) is 0.112. The second-order valence-corrected chi connectivity index (χ2v) is 5.78. The first-order valence-corrected chi connectivity index (χ1v) is 6.27. The molecule has 1 aliphatic heterocycles. The van der Waals surface area contributed by atoms with E-state index in [0.29, 0.717) is 12.5 Å². The molecule has 1 saturated carbocycles. The Morgan fingerprint density at radius 1 is 1.44 bits per heavy atom. The summed E-state index contributed by atoms with van der Waals surface area (Å²) in [4.78, 5) is 11.5. The van der Waals surface area contributed by atoms with Crippen LogP contribution < -0.4 is 0 Å². The second-order valence-electron chi connectivity index (χ2n) is 5.78. The highest BCUT2D eigenvalue weighted by molar-refractivity contribution is 5.71. The van der Waals surface area contributed by atoms with Crippen LogP contribution in [-0.4, -0.2) is 23.8 Å². The zero-order valence-electron chi connectivity index (χ0n) is 10.7. The molecule has 2 rings (SSSR count). The second kappa shape index (κ2) is 3.73. The molecule has 0 aromatic heterocycles. The van der Waals surface area contributed by atoms with Crippen molar-refractivity contribution in [2.45, 2.75) is 58.2 Å². The SMILES string of the molecule is CCC(C)C(=O)OCC1CC2(C)OC2(C)C1. The highest BCUT2D eigenvalue weighted by Gasteiger charge is 2.68. The summed E-state index contributed by atoms with van der Waals surface area (Å²) in [7, 11) is 0. The molecule has 0 spiro atoms. The van der Waals surface area contributed by atoms with Gasteiger partial charge >= 0.3 is 5.97 Å². The third-order valence-electron chi connectivity index (χ3n) is 4.36. The van der Waals surface area contributed by atoms with E-state index < -0.39 is 0 Å². The number of rotatable bonds is 4. The summed E-state index contributed by atoms with van der Waals surface area (Å²) < 4.78 is 11.0. The molecule has 3 nitrogen and oxygen atoms in total. The molecule has 0 amide bonds. The van der Waals surface area contributed by atoms with Crippen LogP contribution in [-0.2, 0) is 14.3 Å². The van der Waals surface area contributed by atoms with Crippen LogP contribution in [0.4, 0.5) is 0 Å². The van der Waals surface area contributed by atoms with Crippen molar-refractivity contribution in [2.75, 3.05) is 6.61 Å². The van der Waals surface area contributed by atoms with Gasteiger partial charge in [0.15, 0.2) is 0 Å². The highest BCUT2D eigenvalue weighted by Crippen LogP contribution is 2.61. The van der Waals surface area contributed by atoms with Crippen molar-refractivity contribution < 1.29 is 14.3 Å². The van der Waals surface area contributed by atoms with Crippen molar-refractivity contribution in [1.82, 2.24) is 0 Å². The van der Waals surface area contributed by atoms with Gasteiger partial charge in [-0.05, 0) is 39.0 Å². The molecule has 0 radical (unpaired) electrons. The first-order chi connectivity index (χ1) is 7.40. The maximum atomic E-state index is 11.5. The fraction of sp³-hybridized carbons (Fsp3) is 0.923. The van der Waals surface area contributed by atoms with E-state index in [4.69, 9.17) is 9.47 Å². The van der Waals surface area contributed by atoms with E-state index in [1.165, 1.54) is 0 Å². The van der Waals surface area contributed by atoms with E-state index in [0.717, 1.165) is 19.3 Å². The van der Waals surface area contributed by atoms with Crippen molar-refractivity contribution in [2.24, 2.45) is 11.8 Å². The van der Waals surface area contributed by atoms with Gasteiger partial charge in [-0.1, -0.05) is 13.8 Å². The Balaban J connectivity index is 1.75. The Morgan fingerprint density at radius 3 is 2.50 bits per heavy atom. The number of carbonyl (C=O) groups is 1. The van der Waals surface area contributed by atoms with Gasteiger partial charge in [-0.3, -0.25) is 4.79 Å². The van der Waals surface area contributed by atoms with Crippen LogP contribution in [0, 0.1) is 11.8 Å². The van der Waals surface area contributed by atoms with Crippen LogP contribution in [0.1, 0.15) is 47.0 Å². The Labute approximate surface area is 97.5 Å². The zero-order chi connectivity index (χ0) is 12.0. The lowest BCUT2D eigenvalue weighted by molar-refractivity contribution is -0.149. The molecular formula is C13H22O3. The number of epoxide rings is 1. The predicted molar refractivity (Wildman–Crippen MR) is 61.0 cm³/mol. The van der Waals surface area contributed by atoms with Crippen molar-refractivity contribution in [3.63, 3.8) is 0 Å². The Morgan fingerprint density at radius 2 is 2.00 bits per heavy atom. The van der Waals surface area contributed by atoms with E-state index in [2.05, 4.69) is 13.8 Å². The molecule has 2 aliphatic rings. The standard InChI is InChI=1S/C13H22O3/c1-5-9(2)11(14)15-8-10-6-12(3)13(4,7-10)16-12/h9-10H,5-8H2,1-4H3. The fourth-order valence-corrected chi connectivity index (χ4v) is 2.79. The number of fused-ring (bicyclic) bond motifs is 1. The van der Waals surface area contributed by atoms with E-state index in [1.54, 1.807) is 0 Å². The quantitative estimate of drug-likeness (QED) is 0.546. The summed E-state index contributed by atoms with van der Waals surface area (Å²) >= 11 is 0. The van der Waals surface area contributed by atoms with Crippen LogP contribution in [0.5, 0.6) is 0 Å². The number of carbonyl (C=O) groups excluding carboxylic acids is 1. The van der Waals surface area contributed by atoms with Crippen LogP contribution in [0.15, 0.2) is 0 Å². The number of hydrogen-bond acceptors (Lipinski definition) is 3. The van der Waals surface area contributed by atoms with Gasteiger partial charge < -0.3 is 9.47 Å². The molecule has 0 aromatic rings. The van der Waals surface area contributed by atoms with Gasteiger partial charge in [-0.2, -0.15) is 0 Å². The lowest BCUT2D eigenvalue weighted by Crippen LogP contribution is -2.19. The minimum Gasteiger partial charge on any atom is -0.465 e. The first kappa shape index (κ1) is 11.9. The third-order valence-corrected chi connectivity index (χ3v) is 4.36. The van der Waals surface area contributed by atoms with Crippen LogP contribution in [0.3, 0.4) is 0 Å². The average molecular weight is 226 g/mol. The van der Waals surface area contributed by atoms with Gasteiger partial charge in [0.1, 0.15) is 0 Å². The van der Waals surface area contributed by atoms with Crippen LogP contribution >= 0.6 is 0 Å². The van der Waals surface area contributed by atoms with Crippen LogP contribution in [0.25, 0.3) is 0 Å². The van der Waals surface area contributed by atoms with Crippen molar-refractivity contribution in [1.29, 1.82) is 0 Å². The molecule has 92 valence electrons. The molecular weight excluding hydrogens is 204 g/mol. The Kier molecular flexibility index (Phi) is 2.77. The fourth-order valence-electron chi connectivity index (χ4n) is 2.79. The number of hydrogen-bond donors (Lipinski definition) is 0. The van der Waals surface area contributed by atoms with Gasteiger partial charge in [-0.15, -0.1) is 0 Å². The largest absolute Gasteiger partial charge is 0.465 e. The Bertz CT molecular complexity index is 286. The molecule has 1 aliphatic carbocycles. The number of esters is 1. The first-order valence-electron chi connectivity index (χ1n) is 6.27. The monoisotopic (exact) mass is 226 g/mol. The minimum atomic E-state index is -0.0562. The molecule has 0 aromatic carbocycles. The predicted octanol–water partition coefficient (Wildman–Crippen LogP) is 2.53. The van der Waals surface area contributed by atoms with E-state index in [1.807, 2.05) is 13.8 Å². The maximum Gasteiger partial charge on any atom is 0.308 e. The summed E-state index contributed by atoms with van der Waals surface area (Å²) in [6, 6.07) is 0. The highest BCUT2D eigenvalue weighted by atomic mass is 16.6. The van der Waals surface area contributed by atoms with Gasteiger partial charge in [0.2, 0.25) is 0 Å². The van der Waals surface area contributed by atoms with E-state index in [-0.39, 0.29) is 23.1 Å². The van der Waals surface area contributed by atoms with Gasteiger partial charge in [0.05, 0.1) is 23.7 Å². The van der Waals surface area contributed by atoms with Crippen LogP contribution in [0.2, 0.25) is 0 Å². The van der Waals surface area contributed by atoms with E-state index >= 15 is 0 Å².